The van der Waals surface area contributed by atoms with E-state index in [4.69, 9.17) is 0 Å². The molecule has 0 amide bonds. The summed E-state index contributed by atoms with van der Waals surface area (Å²) in [6, 6.07) is 6.14. The molecule has 102 valence electrons. The van der Waals surface area contributed by atoms with E-state index in [-0.39, 0.29) is 5.82 Å². The molecule has 0 saturated carbocycles. The average Bonchev–Trinajstić information content (AvgIpc) is 3.06. The second kappa shape index (κ2) is 5.27. The van der Waals surface area contributed by atoms with E-state index in [0.717, 1.165) is 15.0 Å². The van der Waals surface area contributed by atoms with E-state index in [1.807, 2.05) is 6.92 Å². The molecule has 0 unspecified atom stereocenters. The van der Waals surface area contributed by atoms with Gasteiger partial charge in [0.1, 0.15) is 9.52 Å². The third kappa shape index (κ3) is 2.30. The van der Waals surface area contributed by atoms with Crippen molar-refractivity contribution >= 4 is 22.6 Å². The molecular formula is C12H10FIN6. The SMILES string of the molecule is CCn1nnc(-c2cnn(-c3ccc(F)cc3)c2I)n1. The second-order valence-electron chi connectivity index (χ2n) is 4.04. The molecule has 3 rings (SSSR count). The highest BCUT2D eigenvalue weighted by molar-refractivity contribution is 14.1. The number of hydrogen-bond acceptors (Lipinski definition) is 4. The number of aryl methyl sites for hydroxylation is 1. The summed E-state index contributed by atoms with van der Waals surface area (Å²) in [4.78, 5) is 1.51. The maximum absolute atomic E-state index is 13.0. The average molecular weight is 384 g/mol. The Morgan fingerprint density at radius 3 is 2.65 bits per heavy atom. The fourth-order valence-corrected chi connectivity index (χ4v) is 2.51. The molecular weight excluding hydrogens is 374 g/mol. The van der Waals surface area contributed by atoms with Crippen LogP contribution in [0.2, 0.25) is 0 Å². The maximum Gasteiger partial charge on any atom is 0.209 e. The van der Waals surface area contributed by atoms with E-state index in [2.05, 4.69) is 43.1 Å². The summed E-state index contributed by atoms with van der Waals surface area (Å²) in [5.74, 6) is 0.258. The van der Waals surface area contributed by atoms with Crippen LogP contribution in [0.3, 0.4) is 0 Å². The highest BCUT2D eigenvalue weighted by atomic mass is 127. The fourth-order valence-electron chi connectivity index (χ4n) is 1.73. The molecule has 0 radical (unpaired) electrons. The Morgan fingerprint density at radius 2 is 2.00 bits per heavy atom. The Kier molecular flexibility index (Phi) is 3.47. The van der Waals surface area contributed by atoms with Crippen molar-refractivity contribution in [3.8, 4) is 17.1 Å². The molecule has 0 saturated heterocycles. The van der Waals surface area contributed by atoms with Gasteiger partial charge in [-0.3, -0.25) is 0 Å². The number of rotatable bonds is 3. The van der Waals surface area contributed by atoms with Gasteiger partial charge in [-0.15, -0.1) is 10.2 Å². The van der Waals surface area contributed by atoms with Crippen molar-refractivity contribution in [2.24, 2.45) is 0 Å². The maximum atomic E-state index is 13.0. The summed E-state index contributed by atoms with van der Waals surface area (Å²) in [6.07, 6.45) is 1.68. The van der Waals surface area contributed by atoms with Crippen LogP contribution in [-0.2, 0) is 6.54 Å². The first-order valence-corrected chi connectivity index (χ1v) is 7.04. The number of benzene rings is 1. The Labute approximate surface area is 127 Å². The van der Waals surface area contributed by atoms with Gasteiger partial charge in [-0.25, -0.2) is 9.07 Å². The molecule has 0 aliphatic rings. The Morgan fingerprint density at radius 1 is 1.25 bits per heavy atom. The first-order chi connectivity index (χ1) is 9.69. The van der Waals surface area contributed by atoms with Crippen molar-refractivity contribution in [1.82, 2.24) is 30.0 Å². The molecule has 3 aromatic rings. The molecule has 0 bridgehead atoms. The van der Waals surface area contributed by atoms with E-state index in [1.165, 1.54) is 16.9 Å². The van der Waals surface area contributed by atoms with Crippen LogP contribution < -0.4 is 0 Å². The summed E-state index contributed by atoms with van der Waals surface area (Å²) in [7, 11) is 0. The summed E-state index contributed by atoms with van der Waals surface area (Å²) in [6.45, 7) is 2.61. The van der Waals surface area contributed by atoms with Crippen LogP contribution in [0.25, 0.3) is 17.1 Å². The van der Waals surface area contributed by atoms with Gasteiger partial charge in [-0.05, 0) is 59.0 Å². The van der Waals surface area contributed by atoms with Gasteiger partial charge in [-0.1, -0.05) is 0 Å². The summed E-state index contributed by atoms with van der Waals surface area (Å²) in [5.41, 5.74) is 1.58. The number of halogens is 2. The van der Waals surface area contributed by atoms with Crippen LogP contribution in [0.5, 0.6) is 0 Å². The fraction of sp³-hybridized carbons (Fsp3) is 0.167. The van der Waals surface area contributed by atoms with Crippen molar-refractivity contribution in [2.75, 3.05) is 0 Å². The highest BCUT2D eigenvalue weighted by Gasteiger charge is 2.15. The van der Waals surface area contributed by atoms with E-state index in [0.29, 0.717) is 12.4 Å². The standard InChI is InChI=1S/C12H10FIN6/c1-2-19-17-12(16-18-19)10-7-15-20(11(10)14)9-5-3-8(13)4-6-9/h3-7H,2H2,1H3. The zero-order chi connectivity index (χ0) is 14.1. The molecule has 2 aromatic heterocycles. The van der Waals surface area contributed by atoms with Gasteiger partial charge in [0.05, 0.1) is 24.0 Å². The smallest absolute Gasteiger partial charge is 0.209 e. The topological polar surface area (TPSA) is 61.4 Å². The predicted molar refractivity (Wildman–Crippen MR) is 78.7 cm³/mol. The zero-order valence-electron chi connectivity index (χ0n) is 10.5. The lowest BCUT2D eigenvalue weighted by molar-refractivity contribution is 0.552. The summed E-state index contributed by atoms with van der Waals surface area (Å²) in [5, 5.41) is 16.5. The first-order valence-electron chi connectivity index (χ1n) is 5.96. The molecule has 1 aromatic carbocycles. The molecule has 0 fully saturated rings. The second-order valence-corrected chi connectivity index (χ2v) is 5.06. The quantitative estimate of drug-likeness (QED) is 0.651. The molecule has 20 heavy (non-hydrogen) atoms. The van der Waals surface area contributed by atoms with Crippen LogP contribution in [0.4, 0.5) is 4.39 Å². The van der Waals surface area contributed by atoms with Crippen LogP contribution >= 0.6 is 22.6 Å². The van der Waals surface area contributed by atoms with Crippen molar-refractivity contribution in [2.45, 2.75) is 13.5 Å². The minimum atomic E-state index is -0.274. The van der Waals surface area contributed by atoms with Gasteiger partial charge >= 0.3 is 0 Å². The minimum Gasteiger partial charge on any atom is -0.227 e. The molecule has 6 nitrogen and oxygen atoms in total. The van der Waals surface area contributed by atoms with E-state index < -0.39 is 0 Å². The molecule has 2 heterocycles. The van der Waals surface area contributed by atoms with Crippen LogP contribution in [0.1, 0.15) is 6.92 Å². The predicted octanol–water partition coefficient (Wildman–Crippen LogP) is 2.29. The molecule has 0 spiro atoms. The van der Waals surface area contributed by atoms with E-state index in [1.54, 1.807) is 23.0 Å². The zero-order valence-corrected chi connectivity index (χ0v) is 12.7. The third-order valence-electron chi connectivity index (χ3n) is 2.76. The number of hydrogen-bond donors (Lipinski definition) is 0. The van der Waals surface area contributed by atoms with Crippen molar-refractivity contribution in [3.63, 3.8) is 0 Å². The minimum absolute atomic E-state index is 0.274. The van der Waals surface area contributed by atoms with Gasteiger partial charge in [0, 0.05) is 0 Å². The van der Waals surface area contributed by atoms with Crippen molar-refractivity contribution in [1.29, 1.82) is 0 Å². The Balaban J connectivity index is 2.02. The monoisotopic (exact) mass is 384 g/mol. The molecule has 8 heteroatoms. The lowest BCUT2D eigenvalue weighted by Gasteiger charge is -2.03. The van der Waals surface area contributed by atoms with Gasteiger partial charge in [0.25, 0.3) is 0 Å². The van der Waals surface area contributed by atoms with E-state index in [9.17, 15) is 4.39 Å². The Hall–Kier alpha value is -1.84. The van der Waals surface area contributed by atoms with Crippen LogP contribution in [0.15, 0.2) is 30.5 Å². The number of aromatic nitrogens is 6. The largest absolute Gasteiger partial charge is 0.227 e. The van der Waals surface area contributed by atoms with Crippen LogP contribution in [0, 0.1) is 9.52 Å². The molecule has 0 atom stereocenters. The first kappa shape index (κ1) is 13.2. The normalized spacial score (nSPS) is 10.9. The number of tetrazole rings is 1. The van der Waals surface area contributed by atoms with Crippen molar-refractivity contribution in [3.05, 3.63) is 40.0 Å². The van der Waals surface area contributed by atoms with E-state index >= 15 is 0 Å². The van der Waals surface area contributed by atoms with Gasteiger partial charge < -0.3 is 0 Å². The lowest BCUT2D eigenvalue weighted by atomic mass is 10.3. The highest BCUT2D eigenvalue weighted by Crippen LogP contribution is 2.23. The number of nitrogens with zero attached hydrogens (tertiary/aromatic N) is 6. The van der Waals surface area contributed by atoms with Gasteiger partial charge in [0.15, 0.2) is 0 Å². The van der Waals surface area contributed by atoms with Crippen LogP contribution in [-0.4, -0.2) is 30.0 Å². The molecule has 0 N–H and O–H groups in total. The summed E-state index contributed by atoms with van der Waals surface area (Å²) < 4.78 is 15.5. The lowest BCUT2D eigenvalue weighted by Crippen LogP contribution is -1.99. The summed E-state index contributed by atoms with van der Waals surface area (Å²) >= 11 is 2.16. The van der Waals surface area contributed by atoms with Crippen molar-refractivity contribution < 1.29 is 4.39 Å². The third-order valence-corrected chi connectivity index (χ3v) is 3.80. The molecule has 0 aliphatic carbocycles. The molecule has 0 aliphatic heterocycles. The van der Waals surface area contributed by atoms with Gasteiger partial charge in [0.2, 0.25) is 5.82 Å². The Bertz CT molecular complexity index is 733. The van der Waals surface area contributed by atoms with Gasteiger partial charge in [-0.2, -0.15) is 9.90 Å².